The van der Waals surface area contributed by atoms with E-state index < -0.39 is 0 Å². The van der Waals surface area contributed by atoms with Crippen LogP contribution in [-0.2, 0) is 0 Å². The Hall–Kier alpha value is -6.58. The Morgan fingerprint density at radius 1 is 0.351 bits per heavy atom. The first kappa shape index (κ1) is 34.9. The average Bonchev–Trinajstić information content (AvgIpc) is 3.73. The van der Waals surface area contributed by atoms with Gasteiger partial charge >= 0.3 is 0 Å². The van der Waals surface area contributed by atoms with Crippen LogP contribution in [0.1, 0.15) is 33.4 Å². The molecule has 0 unspecified atom stereocenters. The Morgan fingerprint density at radius 3 is 1.32 bits per heavy atom. The molecular weight excluding hydrogens is 687 g/mol. The van der Waals surface area contributed by atoms with Crippen molar-refractivity contribution < 1.29 is 0 Å². The van der Waals surface area contributed by atoms with Gasteiger partial charge in [0, 0.05) is 32.9 Å². The maximum absolute atomic E-state index is 2.45. The number of fused-ring (bicyclic) bond motifs is 7. The van der Waals surface area contributed by atoms with Crippen LogP contribution in [0, 0.1) is 41.5 Å². The predicted molar refractivity (Wildman–Crippen MR) is 247 cm³/mol. The molecular formula is C54H45BN2. The van der Waals surface area contributed by atoms with E-state index in [0.29, 0.717) is 0 Å². The number of aromatic nitrogens is 2. The van der Waals surface area contributed by atoms with Gasteiger partial charge in [-0.2, -0.15) is 0 Å². The molecule has 2 nitrogen and oxygen atoms in total. The van der Waals surface area contributed by atoms with Gasteiger partial charge in [-0.3, -0.25) is 0 Å². The van der Waals surface area contributed by atoms with Crippen molar-refractivity contribution in [2.75, 3.05) is 0 Å². The van der Waals surface area contributed by atoms with Crippen molar-refractivity contribution in [2.45, 2.75) is 41.5 Å². The highest BCUT2D eigenvalue weighted by atomic mass is 15.0. The second-order valence-electron chi connectivity index (χ2n) is 16.1. The van der Waals surface area contributed by atoms with Crippen LogP contribution in [-0.4, -0.2) is 15.8 Å². The number of rotatable bonds is 6. The molecule has 0 N–H and O–H groups in total. The third-order valence-corrected chi connectivity index (χ3v) is 12.2. The number of hydrogen-bond acceptors (Lipinski definition) is 0. The van der Waals surface area contributed by atoms with E-state index in [0.717, 1.165) is 5.69 Å². The van der Waals surface area contributed by atoms with Crippen LogP contribution in [0.25, 0.3) is 66.1 Å². The first-order valence-corrected chi connectivity index (χ1v) is 20.1. The Bertz CT molecular complexity index is 3080. The summed E-state index contributed by atoms with van der Waals surface area (Å²) in [6.07, 6.45) is 0. The maximum atomic E-state index is 2.45. The second-order valence-corrected chi connectivity index (χ2v) is 16.1. The van der Waals surface area contributed by atoms with E-state index in [2.05, 4.69) is 214 Å². The fourth-order valence-corrected chi connectivity index (χ4v) is 10.1. The molecule has 3 heteroatoms. The van der Waals surface area contributed by atoms with E-state index in [1.807, 2.05) is 0 Å². The third kappa shape index (κ3) is 5.64. The molecule has 0 aliphatic carbocycles. The van der Waals surface area contributed by atoms with E-state index in [1.165, 1.54) is 110 Å². The van der Waals surface area contributed by atoms with Crippen LogP contribution in [0.4, 0.5) is 0 Å². The summed E-state index contributed by atoms with van der Waals surface area (Å²) in [4.78, 5) is 0. The summed E-state index contributed by atoms with van der Waals surface area (Å²) in [6, 6.07) is 60.9. The molecule has 0 atom stereocenters. The number of hydrogen-bond donors (Lipinski definition) is 0. The zero-order valence-corrected chi connectivity index (χ0v) is 33.6. The quantitative estimate of drug-likeness (QED) is 0.151. The van der Waals surface area contributed by atoms with E-state index in [9.17, 15) is 0 Å². The first-order chi connectivity index (χ1) is 27.8. The molecule has 0 bridgehead atoms. The molecule has 2 aromatic heterocycles. The van der Waals surface area contributed by atoms with Gasteiger partial charge in [-0.05, 0) is 101 Å². The van der Waals surface area contributed by atoms with E-state index >= 15 is 0 Å². The van der Waals surface area contributed by atoms with Gasteiger partial charge in [0.05, 0.1) is 22.1 Å². The normalized spacial score (nSPS) is 11.7. The van der Waals surface area contributed by atoms with E-state index in [-0.39, 0.29) is 6.71 Å². The van der Waals surface area contributed by atoms with Gasteiger partial charge in [0.25, 0.3) is 0 Å². The lowest BCUT2D eigenvalue weighted by Gasteiger charge is -2.25. The number of aryl methyl sites for hydroxylation is 6. The van der Waals surface area contributed by atoms with Gasteiger partial charge in [-0.1, -0.05) is 165 Å². The molecule has 2 heterocycles. The molecule has 0 aliphatic heterocycles. The minimum Gasteiger partial charge on any atom is -0.309 e. The van der Waals surface area contributed by atoms with Crippen molar-refractivity contribution in [1.82, 2.24) is 9.13 Å². The molecule has 10 aromatic rings. The van der Waals surface area contributed by atoms with Crippen molar-refractivity contribution in [3.05, 3.63) is 197 Å². The van der Waals surface area contributed by atoms with Crippen LogP contribution < -0.4 is 16.4 Å². The summed E-state index contributed by atoms with van der Waals surface area (Å²) >= 11 is 0. The minimum atomic E-state index is 0.132. The van der Waals surface area contributed by atoms with Crippen molar-refractivity contribution in [1.29, 1.82) is 0 Å². The minimum absolute atomic E-state index is 0.132. The number of para-hydroxylation sites is 3. The summed E-state index contributed by atoms with van der Waals surface area (Å²) < 4.78 is 4.85. The largest absolute Gasteiger partial charge is 0.309 e. The Kier molecular flexibility index (Phi) is 8.30. The summed E-state index contributed by atoms with van der Waals surface area (Å²) in [5.41, 5.74) is 21.8. The van der Waals surface area contributed by atoms with Gasteiger partial charge in [-0.25, -0.2) is 0 Å². The zero-order chi connectivity index (χ0) is 38.9. The van der Waals surface area contributed by atoms with Crippen molar-refractivity contribution in [3.8, 4) is 22.5 Å². The lowest BCUT2D eigenvalue weighted by Crippen LogP contribution is -2.55. The second kappa shape index (κ2) is 13.6. The molecule has 0 amide bonds. The fourth-order valence-electron chi connectivity index (χ4n) is 10.1. The molecule has 10 rings (SSSR count). The van der Waals surface area contributed by atoms with Gasteiger partial charge in [-0.15, -0.1) is 0 Å². The van der Waals surface area contributed by atoms with Gasteiger partial charge in [0.2, 0.25) is 6.71 Å². The van der Waals surface area contributed by atoms with Gasteiger partial charge in [0.15, 0.2) is 0 Å². The highest BCUT2D eigenvalue weighted by Gasteiger charge is 2.29. The van der Waals surface area contributed by atoms with Crippen LogP contribution in [0.5, 0.6) is 0 Å². The highest BCUT2D eigenvalue weighted by molar-refractivity contribution is 6.96. The Balaban J connectivity index is 1.12. The molecule has 0 aliphatic rings. The smallest absolute Gasteiger partial charge is 0.242 e. The van der Waals surface area contributed by atoms with Crippen LogP contribution in [0.15, 0.2) is 164 Å². The monoisotopic (exact) mass is 732 g/mol. The SMILES string of the molecule is Cc1cc(C)c(B(c2cccc(-c3ccc(-n4c5ccccc5c5c6c7ccccc7n(-c7ccccc7)c6ccc54)cc3)c2)c2c(C)cc(C)cc2C)c(C)c1. The summed E-state index contributed by atoms with van der Waals surface area (Å²) in [6.45, 7) is 13.7. The Labute approximate surface area is 335 Å². The average molecular weight is 733 g/mol. The van der Waals surface area contributed by atoms with E-state index in [4.69, 9.17) is 0 Å². The summed E-state index contributed by atoms with van der Waals surface area (Å²) in [5.74, 6) is 0. The van der Waals surface area contributed by atoms with Crippen molar-refractivity contribution in [3.63, 3.8) is 0 Å². The molecule has 57 heavy (non-hydrogen) atoms. The lowest BCUT2D eigenvalue weighted by molar-refractivity contribution is 1.17. The number of benzene rings is 8. The van der Waals surface area contributed by atoms with Crippen LogP contribution in [0.3, 0.4) is 0 Å². The van der Waals surface area contributed by atoms with Crippen molar-refractivity contribution >= 4 is 66.7 Å². The van der Waals surface area contributed by atoms with Crippen LogP contribution in [0.2, 0.25) is 0 Å². The predicted octanol–water partition coefficient (Wildman–Crippen LogP) is 11.9. The highest BCUT2D eigenvalue weighted by Crippen LogP contribution is 2.42. The van der Waals surface area contributed by atoms with Gasteiger partial charge in [0.1, 0.15) is 0 Å². The molecule has 8 aromatic carbocycles. The van der Waals surface area contributed by atoms with Crippen molar-refractivity contribution in [2.24, 2.45) is 0 Å². The summed E-state index contributed by atoms with van der Waals surface area (Å²) in [7, 11) is 0. The first-order valence-electron chi connectivity index (χ1n) is 20.1. The van der Waals surface area contributed by atoms with E-state index in [1.54, 1.807) is 0 Å². The lowest BCUT2D eigenvalue weighted by atomic mass is 9.34. The zero-order valence-electron chi connectivity index (χ0n) is 33.6. The molecule has 0 radical (unpaired) electrons. The standard InChI is InChI=1S/C54H45BN2/c1-34-29-36(3)53(37(4)30-34)55(54-38(5)31-35(2)32-39(54)6)42-16-14-15-41(33-42)40-23-25-44(26-24-40)57-48-22-13-11-20-46(48)52-50(57)28-27-49-51(52)45-19-10-12-21-47(45)56(49)43-17-8-7-9-18-43/h7-33H,1-6H3. The third-order valence-electron chi connectivity index (χ3n) is 12.2. The topological polar surface area (TPSA) is 9.86 Å². The fraction of sp³-hybridized carbons (Fsp3) is 0.111. The molecule has 0 spiro atoms. The van der Waals surface area contributed by atoms with Gasteiger partial charge < -0.3 is 9.13 Å². The maximum Gasteiger partial charge on any atom is 0.242 e. The molecule has 0 saturated carbocycles. The summed E-state index contributed by atoms with van der Waals surface area (Å²) in [5, 5.41) is 5.12. The molecule has 0 fully saturated rings. The molecule has 274 valence electrons. The number of nitrogens with zero attached hydrogens (tertiary/aromatic N) is 2. The van der Waals surface area contributed by atoms with Crippen LogP contribution >= 0.6 is 0 Å². The molecule has 0 saturated heterocycles. The Morgan fingerprint density at radius 2 is 0.807 bits per heavy atom.